The second-order valence-corrected chi connectivity index (χ2v) is 5.65. The molecule has 0 fully saturated rings. The monoisotopic (exact) mass is 397 g/mol. The molecular weight excluding hydrogens is 385 g/mol. The van der Waals surface area contributed by atoms with Gasteiger partial charge in [0.15, 0.2) is 0 Å². The van der Waals surface area contributed by atoms with E-state index in [9.17, 15) is 4.79 Å². The molecular formula is C12H14Br2ClNO2. The molecule has 0 aromatic heterocycles. The van der Waals surface area contributed by atoms with Crippen molar-refractivity contribution >= 4 is 49.4 Å². The van der Waals surface area contributed by atoms with Crippen molar-refractivity contribution in [1.82, 2.24) is 5.32 Å². The Morgan fingerprint density at radius 2 is 2.17 bits per heavy atom. The predicted molar refractivity (Wildman–Crippen MR) is 80.7 cm³/mol. The molecule has 1 amide bonds. The van der Waals surface area contributed by atoms with E-state index >= 15 is 0 Å². The fourth-order valence-corrected chi connectivity index (χ4v) is 2.29. The average molecular weight is 400 g/mol. The Kier molecular flexibility index (Phi) is 7.90. The maximum Gasteiger partial charge on any atom is 0.252 e. The number of hydrogen-bond donors (Lipinski definition) is 1. The first-order valence-electron chi connectivity index (χ1n) is 5.52. The minimum absolute atomic E-state index is 0.159. The van der Waals surface area contributed by atoms with Crippen LogP contribution in [0.5, 0.6) is 0 Å². The van der Waals surface area contributed by atoms with Crippen molar-refractivity contribution in [1.29, 1.82) is 0 Å². The number of hydrogen-bond acceptors (Lipinski definition) is 2. The highest BCUT2D eigenvalue weighted by molar-refractivity contribution is 9.10. The van der Waals surface area contributed by atoms with Crippen molar-refractivity contribution in [2.75, 3.05) is 25.1 Å². The summed E-state index contributed by atoms with van der Waals surface area (Å²) in [4.78, 5) is 11.8. The van der Waals surface area contributed by atoms with Crippen molar-refractivity contribution in [3.05, 3.63) is 33.3 Å². The van der Waals surface area contributed by atoms with Crippen LogP contribution in [0.15, 0.2) is 22.7 Å². The third-order valence-electron chi connectivity index (χ3n) is 2.15. The largest absolute Gasteiger partial charge is 0.381 e. The van der Waals surface area contributed by atoms with E-state index in [0.29, 0.717) is 30.3 Å². The van der Waals surface area contributed by atoms with Crippen molar-refractivity contribution in [2.24, 2.45) is 0 Å². The molecule has 18 heavy (non-hydrogen) atoms. The van der Waals surface area contributed by atoms with Crippen LogP contribution in [0.2, 0.25) is 5.02 Å². The summed E-state index contributed by atoms with van der Waals surface area (Å²) < 4.78 is 6.13. The van der Waals surface area contributed by atoms with Gasteiger partial charge in [-0.05, 0) is 24.6 Å². The first-order valence-corrected chi connectivity index (χ1v) is 7.81. The number of nitrogens with one attached hydrogen (secondary N) is 1. The van der Waals surface area contributed by atoms with E-state index in [1.807, 2.05) is 0 Å². The first kappa shape index (κ1) is 16.0. The van der Waals surface area contributed by atoms with E-state index in [-0.39, 0.29) is 5.91 Å². The lowest BCUT2D eigenvalue weighted by molar-refractivity contribution is 0.0945. The maximum atomic E-state index is 11.8. The molecule has 0 saturated heterocycles. The summed E-state index contributed by atoms with van der Waals surface area (Å²) in [6.45, 7) is 1.90. The van der Waals surface area contributed by atoms with Gasteiger partial charge in [0.25, 0.3) is 5.91 Å². The molecule has 6 heteroatoms. The van der Waals surface area contributed by atoms with Gasteiger partial charge in [0, 0.05) is 23.0 Å². The van der Waals surface area contributed by atoms with E-state index in [4.69, 9.17) is 16.3 Å². The predicted octanol–water partition coefficient (Wildman–Crippen LogP) is 3.63. The number of carbonyl (C=O) groups is 1. The summed E-state index contributed by atoms with van der Waals surface area (Å²) in [5, 5.41) is 4.08. The molecule has 0 aliphatic rings. The van der Waals surface area contributed by atoms with Crippen molar-refractivity contribution in [3.8, 4) is 0 Å². The molecule has 0 heterocycles. The van der Waals surface area contributed by atoms with Crippen LogP contribution in [0.1, 0.15) is 16.8 Å². The molecule has 3 nitrogen and oxygen atoms in total. The van der Waals surface area contributed by atoms with E-state index in [2.05, 4.69) is 37.2 Å². The Balaban J connectivity index is 2.32. The zero-order valence-electron chi connectivity index (χ0n) is 9.72. The smallest absolute Gasteiger partial charge is 0.252 e. The van der Waals surface area contributed by atoms with Gasteiger partial charge in [-0.1, -0.05) is 43.5 Å². The molecule has 0 unspecified atom stereocenters. The maximum absolute atomic E-state index is 11.8. The zero-order chi connectivity index (χ0) is 13.4. The third kappa shape index (κ3) is 5.69. The van der Waals surface area contributed by atoms with Crippen molar-refractivity contribution in [2.45, 2.75) is 6.42 Å². The van der Waals surface area contributed by atoms with Gasteiger partial charge in [-0.25, -0.2) is 0 Å². The van der Waals surface area contributed by atoms with Crippen LogP contribution in [0.4, 0.5) is 0 Å². The minimum Gasteiger partial charge on any atom is -0.381 e. The third-order valence-corrected chi connectivity index (χ3v) is 3.28. The normalized spacial score (nSPS) is 10.4. The van der Waals surface area contributed by atoms with Gasteiger partial charge >= 0.3 is 0 Å². The molecule has 0 spiro atoms. The topological polar surface area (TPSA) is 38.3 Å². The highest BCUT2D eigenvalue weighted by atomic mass is 79.9. The molecule has 0 aliphatic heterocycles. The average Bonchev–Trinajstić information content (AvgIpc) is 2.33. The summed E-state index contributed by atoms with van der Waals surface area (Å²) in [6.07, 6.45) is 0.785. The standard InChI is InChI=1S/C12H14Br2ClNO2/c13-4-7-18-6-1-5-16-12(17)10-3-2-9(14)8-11(10)15/h2-3,8H,1,4-7H2,(H,16,17). The van der Waals surface area contributed by atoms with Crippen LogP contribution in [-0.4, -0.2) is 31.0 Å². The van der Waals surface area contributed by atoms with Gasteiger partial charge < -0.3 is 10.1 Å². The second kappa shape index (κ2) is 8.91. The van der Waals surface area contributed by atoms with Gasteiger partial charge in [0.1, 0.15) is 0 Å². The van der Waals surface area contributed by atoms with Crippen LogP contribution in [0.25, 0.3) is 0 Å². The van der Waals surface area contributed by atoms with Gasteiger partial charge in [0.05, 0.1) is 17.2 Å². The molecule has 0 aliphatic carbocycles. The molecule has 1 N–H and O–H groups in total. The van der Waals surface area contributed by atoms with Crippen molar-refractivity contribution in [3.63, 3.8) is 0 Å². The number of carbonyl (C=O) groups excluding carboxylic acids is 1. The van der Waals surface area contributed by atoms with Gasteiger partial charge in [-0.3, -0.25) is 4.79 Å². The first-order chi connectivity index (χ1) is 8.65. The molecule has 1 aromatic rings. The highest BCUT2D eigenvalue weighted by Crippen LogP contribution is 2.21. The quantitative estimate of drug-likeness (QED) is 0.562. The Morgan fingerprint density at radius 1 is 1.39 bits per heavy atom. The Labute approximate surface area is 128 Å². The fourth-order valence-electron chi connectivity index (χ4n) is 1.30. The number of amides is 1. The van der Waals surface area contributed by atoms with Crippen LogP contribution in [0, 0.1) is 0 Å². The van der Waals surface area contributed by atoms with E-state index < -0.39 is 0 Å². The SMILES string of the molecule is O=C(NCCCOCCBr)c1ccc(Br)cc1Cl. The van der Waals surface area contributed by atoms with E-state index in [1.54, 1.807) is 18.2 Å². The lowest BCUT2D eigenvalue weighted by atomic mass is 10.2. The van der Waals surface area contributed by atoms with Crippen LogP contribution in [-0.2, 0) is 4.74 Å². The summed E-state index contributed by atoms with van der Waals surface area (Å²) in [5.74, 6) is -0.159. The van der Waals surface area contributed by atoms with E-state index in [1.165, 1.54) is 0 Å². The van der Waals surface area contributed by atoms with Gasteiger partial charge in [0.2, 0.25) is 0 Å². The minimum atomic E-state index is -0.159. The molecule has 0 radical (unpaired) electrons. The fraction of sp³-hybridized carbons (Fsp3) is 0.417. The lowest BCUT2D eigenvalue weighted by Gasteiger charge is -2.07. The van der Waals surface area contributed by atoms with Crippen LogP contribution < -0.4 is 5.32 Å². The van der Waals surface area contributed by atoms with Crippen LogP contribution >= 0.6 is 43.5 Å². The van der Waals surface area contributed by atoms with Crippen molar-refractivity contribution < 1.29 is 9.53 Å². The molecule has 100 valence electrons. The number of ether oxygens (including phenoxy) is 1. The second-order valence-electron chi connectivity index (χ2n) is 3.53. The summed E-state index contributed by atoms with van der Waals surface area (Å²) in [6, 6.07) is 5.19. The van der Waals surface area contributed by atoms with E-state index in [0.717, 1.165) is 16.2 Å². The summed E-state index contributed by atoms with van der Waals surface area (Å²) in [7, 11) is 0. The molecule has 1 rings (SSSR count). The Bertz CT molecular complexity index is 402. The molecule has 0 saturated carbocycles. The lowest BCUT2D eigenvalue weighted by Crippen LogP contribution is -2.25. The zero-order valence-corrected chi connectivity index (χ0v) is 13.6. The highest BCUT2D eigenvalue weighted by Gasteiger charge is 2.09. The number of rotatable bonds is 7. The van der Waals surface area contributed by atoms with Gasteiger partial charge in [-0.2, -0.15) is 0 Å². The molecule has 0 atom stereocenters. The number of benzene rings is 1. The molecule has 0 bridgehead atoms. The summed E-state index contributed by atoms with van der Waals surface area (Å²) >= 11 is 12.6. The number of halogens is 3. The molecule has 1 aromatic carbocycles. The number of alkyl halides is 1. The Morgan fingerprint density at radius 3 is 2.83 bits per heavy atom. The van der Waals surface area contributed by atoms with Crippen LogP contribution in [0.3, 0.4) is 0 Å². The van der Waals surface area contributed by atoms with Gasteiger partial charge in [-0.15, -0.1) is 0 Å². The Hall–Kier alpha value is -0.100. The summed E-state index contributed by atoms with van der Waals surface area (Å²) in [5.41, 5.74) is 0.487.